The SMILES string of the molecule is CCCCCC(CCCC)c1ccnc(CNC)c1. The number of pyridine rings is 1. The molecule has 0 bridgehead atoms. The van der Waals surface area contributed by atoms with Gasteiger partial charge >= 0.3 is 0 Å². The van der Waals surface area contributed by atoms with E-state index in [-0.39, 0.29) is 0 Å². The summed E-state index contributed by atoms with van der Waals surface area (Å²) < 4.78 is 0. The third-order valence-corrected chi connectivity index (χ3v) is 3.73. The molecule has 0 spiro atoms. The maximum Gasteiger partial charge on any atom is 0.0544 e. The van der Waals surface area contributed by atoms with Gasteiger partial charge in [-0.05, 0) is 43.5 Å². The zero-order valence-electron chi connectivity index (χ0n) is 12.9. The summed E-state index contributed by atoms with van der Waals surface area (Å²) >= 11 is 0. The van der Waals surface area contributed by atoms with Crippen LogP contribution < -0.4 is 5.32 Å². The molecular formula is C17H30N2. The number of nitrogens with zero attached hydrogens (tertiary/aromatic N) is 1. The van der Waals surface area contributed by atoms with Gasteiger partial charge in [0.25, 0.3) is 0 Å². The molecule has 2 heteroatoms. The Bertz CT molecular complexity index is 336. The summed E-state index contributed by atoms with van der Waals surface area (Å²) in [6, 6.07) is 4.51. The molecule has 19 heavy (non-hydrogen) atoms. The molecule has 1 unspecified atom stereocenters. The van der Waals surface area contributed by atoms with Crippen LogP contribution in [0.25, 0.3) is 0 Å². The number of nitrogens with one attached hydrogen (secondary N) is 1. The van der Waals surface area contributed by atoms with Crippen LogP contribution in [0, 0.1) is 0 Å². The molecular weight excluding hydrogens is 232 g/mol. The number of hydrogen-bond acceptors (Lipinski definition) is 2. The van der Waals surface area contributed by atoms with Gasteiger partial charge in [-0.1, -0.05) is 46.0 Å². The Hall–Kier alpha value is -0.890. The molecule has 108 valence electrons. The molecule has 1 rings (SSSR count). The van der Waals surface area contributed by atoms with Crippen molar-refractivity contribution in [3.8, 4) is 0 Å². The van der Waals surface area contributed by atoms with E-state index >= 15 is 0 Å². The minimum Gasteiger partial charge on any atom is -0.314 e. The second-order valence-electron chi connectivity index (χ2n) is 5.45. The van der Waals surface area contributed by atoms with E-state index in [9.17, 15) is 0 Å². The lowest BCUT2D eigenvalue weighted by atomic mass is 9.89. The lowest BCUT2D eigenvalue weighted by Gasteiger charge is -2.17. The summed E-state index contributed by atoms with van der Waals surface area (Å²) in [6.45, 7) is 5.42. The van der Waals surface area contributed by atoms with E-state index in [1.54, 1.807) is 0 Å². The van der Waals surface area contributed by atoms with Crippen molar-refractivity contribution in [2.24, 2.45) is 0 Å². The minimum atomic E-state index is 0.727. The van der Waals surface area contributed by atoms with E-state index in [4.69, 9.17) is 0 Å². The van der Waals surface area contributed by atoms with Crippen LogP contribution in [0.1, 0.15) is 76.0 Å². The van der Waals surface area contributed by atoms with Gasteiger partial charge in [-0.2, -0.15) is 0 Å². The highest BCUT2D eigenvalue weighted by atomic mass is 14.8. The van der Waals surface area contributed by atoms with Crippen LogP contribution in [0.15, 0.2) is 18.3 Å². The van der Waals surface area contributed by atoms with Gasteiger partial charge < -0.3 is 5.32 Å². The lowest BCUT2D eigenvalue weighted by molar-refractivity contribution is 0.514. The largest absolute Gasteiger partial charge is 0.314 e. The van der Waals surface area contributed by atoms with Crippen molar-refractivity contribution in [3.05, 3.63) is 29.6 Å². The summed E-state index contributed by atoms with van der Waals surface area (Å²) in [5.41, 5.74) is 2.65. The summed E-state index contributed by atoms with van der Waals surface area (Å²) in [5.74, 6) is 0.727. The van der Waals surface area contributed by atoms with E-state index in [0.29, 0.717) is 0 Å². The number of hydrogen-bond donors (Lipinski definition) is 1. The molecule has 0 fully saturated rings. The molecule has 0 aliphatic rings. The minimum absolute atomic E-state index is 0.727. The molecule has 0 aromatic carbocycles. The summed E-state index contributed by atoms with van der Waals surface area (Å²) in [7, 11) is 1.98. The van der Waals surface area contributed by atoms with Gasteiger partial charge in [0.15, 0.2) is 0 Å². The molecule has 0 amide bonds. The van der Waals surface area contributed by atoms with Gasteiger partial charge in [0.05, 0.1) is 5.69 Å². The molecule has 1 N–H and O–H groups in total. The van der Waals surface area contributed by atoms with E-state index in [1.807, 2.05) is 13.2 Å². The summed E-state index contributed by atoms with van der Waals surface area (Å²) in [4.78, 5) is 4.43. The molecule has 1 heterocycles. The maximum absolute atomic E-state index is 4.43. The van der Waals surface area contributed by atoms with Crippen LogP contribution >= 0.6 is 0 Å². The zero-order valence-corrected chi connectivity index (χ0v) is 12.9. The van der Waals surface area contributed by atoms with Gasteiger partial charge in [0, 0.05) is 12.7 Å². The van der Waals surface area contributed by atoms with E-state index in [0.717, 1.165) is 18.2 Å². The fourth-order valence-corrected chi connectivity index (χ4v) is 2.60. The number of unbranched alkanes of at least 4 members (excludes halogenated alkanes) is 3. The third kappa shape index (κ3) is 6.20. The fourth-order valence-electron chi connectivity index (χ4n) is 2.60. The number of rotatable bonds is 10. The van der Waals surface area contributed by atoms with Gasteiger partial charge in [-0.3, -0.25) is 4.98 Å². The van der Waals surface area contributed by atoms with Crippen molar-refractivity contribution in [3.63, 3.8) is 0 Å². The quantitative estimate of drug-likeness (QED) is 0.621. The normalized spacial score (nSPS) is 12.6. The monoisotopic (exact) mass is 262 g/mol. The Balaban J connectivity index is 2.68. The zero-order chi connectivity index (χ0) is 13.9. The van der Waals surface area contributed by atoms with E-state index in [2.05, 4.69) is 36.3 Å². The van der Waals surface area contributed by atoms with Crippen LogP contribution in [0.5, 0.6) is 0 Å². The molecule has 0 aliphatic heterocycles. The Morgan fingerprint density at radius 3 is 2.53 bits per heavy atom. The molecule has 0 radical (unpaired) electrons. The highest BCUT2D eigenvalue weighted by molar-refractivity contribution is 5.20. The van der Waals surface area contributed by atoms with Crippen molar-refractivity contribution < 1.29 is 0 Å². The predicted molar refractivity (Wildman–Crippen MR) is 83.4 cm³/mol. The van der Waals surface area contributed by atoms with Crippen molar-refractivity contribution in [2.75, 3.05) is 7.05 Å². The highest BCUT2D eigenvalue weighted by Gasteiger charge is 2.11. The molecule has 1 aromatic rings. The van der Waals surface area contributed by atoms with E-state index < -0.39 is 0 Å². The standard InChI is InChI=1S/C17H30N2/c1-4-6-8-10-15(9-7-5-2)16-11-12-19-17(13-16)14-18-3/h11-13,15,18H,4-10,14H2,1-3H3. The smallest absolute Gasteiger partial charge is 0.0544 e. The average molecular weight is 262 g/mol. The Labute approximate surface area is 119 Å². The second kappa shape index (κ2) is 9.96. The average Bonchev–Trinajstić information content (AvgIpc) is 2.43. The Morgan fingerprint density at radius 2 is 1.84 bits per heavy atom. The second-order valence-corrected chi connectivity index (χ2v) is 5.45. The van der Waals surface area contributed by atoms with Crippen molar-refractivity contribution in [2.45, 2.75) is 71.3 Å². The van der Waals surface area contributed by atoms with E-state index in [1.165, 1.54) is 50.5 Å². The van der Waals surface area contributed by atoms with Gasteiger partial charge in [-0.15, -0.1) is 0 Å². The molecule has 0 saturated carbocycles. The predicted octanol–water partition coefficient (Wildman–Crippen LogP) is 4.66. The van der Waals surface area contributed by atoms with Gasteiger partial charge in [0.2, 0.25) is 0 Å². The van der Waals surface area contributed by atoms with Crippen molar-refractivity contribution in [1.29, 1.82) is 0 Å². The van der Waals surface area contributed by atoms with Crippen molar-refractivity contribution in [1.82, 2.24) is 10.3 Å². The Kier molecular flexibility index (Phi) is 8.48. The first-order valence-electron chi connectivity index (χ1n) is 7.91. The van der Waals surface area contributed by atoms with Crippen LogP contribution in [0.4, 0.5) is 0 Å². The summed E-state index contributed by atoms with van der Waals surface area (Å²) in [5, 5.41) is 3.18. The first kappa shape index (κ1) is 16.2. The molecule has 0 saturated heterocycles. The fraction of sp³-hybridized carbons (Fsp3) is 0.706. The topological polar surface area (TPSA) is 24.9 Å². The van der Waals surface area contributed by atoms with Crippen LogP contribution in [0.2, 0.25) is 0 Å². The Morgan fingerprint density at radius 1 is 1.11 bits per heavy atom. The first-order chi connectivity index (χ1) is 9.31. The lowest BCUT2D eigenvalue weighted by Crippen LogP contribution is -2.08. The summed E-state index contributed by atoms with van der Waals surface area (Å²) in [6.07, 6.45) is 11.3. The van der Waals surface area contributed by atoms with Crippen LogP contribution in [-0.2, 0) is 6.54 Å². The van der Waals surface area contributed by atoms with Gasteiger partial charge in [-0.25, -0.2) is 0 Å². The third-order valence-electron chi connectivity index (χ3n) is 3.73. The molecule has 0 aliphatic carbocycles. The van der Waals surface area contributed by atoms with Crippen molar-refractivity contribution >= 4 is 0 Å². The van der Waals surface area contributed by atoms with Gasteiger partial charge in [0.1, 0.15) is 0 Å². The highest BCUT2D eigenvalue weighted by Crippen LogP contribution is 2.28. The molecule has 1 aromatic heterocycles. The molecule has 1 atom stereocenters. The molecule has 2 nitrogen and oxygen atoms in total. The number of aromatic nitrogens is 1. The van der Waals surface area contributed by atoms with Crippen LogP contribution in [0.3, 0.4) is 0 Å². The first-order valence-corrected chi connectivity index (χ1v) is 7.91. The maximum atomic E-state index is 4.43. The van der Waals surface area contributed by atoms with Crippen LogP contribution in [-0.4, -0.2) is 12.0 Å².